The molecule has 7 heteroatoms. The number of hydrogen-bond donors (Lipinski definition) is 1. The minimum Gasteiger partial charge on any atom is -0.481 e. The molecule has 0 saturated heterocycles. The van der Waals surface area contributed by atoms with E-state index >= 15 is 0 Å². The Morgan fingerprint density at radius 3 is 2.76 bits per heavy atom. The van der Waals surface area contributed by atoms with Crippen LogP contribution in [0.1, 0.15) is 26.1 Å². The van der Waals surface area contributed by atoms with Crippen LogP contribution < -0.4 is 0 Å². The maximum Gasteiger partial charge on any atom is 0.313 e. The lowest BCUT2D eigenvalue weighted by molar-refractivity contribution is -0.133. The molecule has 17 heavy (non-hydrogen) atoms. The number of ether oxygens (including phenoxy) is 1. The lowest BCUT2D eigenvalue weighted by atomic mass is 10.0. The van der Waals surface area contributed by atoms with Crippen LogP contribution in [0.2, 0.25) is 0 Å². The predicted octanol–water partition coefficient (Wildman–Crippen LogP) is 1.26. The van der Waals surface area contributed by atoms with Gasteiger partial charge in [-0.3, -0.25) is 4.79 Å². The van der Waals surface area contributed by atoms with E-state index < -0.39 is 11.6 Å². The molecule has 0 aliphatic rings. The Hall–Kier alpha value is -1.08. The molecule has 0 aliphatic heterocycles. The highest BCUT2D eigenvalue weighted by Crippen LogP contribution is 2.27. The molecule has 0 spiro atoms. The van der Waals surface area contributed by atoms with E-state index in [0.717, 1.165) is 18.2 Å². The van der Waals surface area contributed by atoms with Gasteiger partial charge in [-0.25, -0.2) is 9.67 Å². The van der Waals surface area contributed by atoms with Gasteiger partial charge in [-0.15, -0.1) is 0 Å². The van der Waals surface area contributed by atoms with E-state index in [9.17, 15) is 4.79 Å². The van der Waals surface area contributed by atoms with Crippen LogP contribution in [0.3, 0.4) is 0 Å². The van der Waals surface area contributed by atoms with Crippen LogP contribution in [0.5, 0.6) is 0 Å². The summed E-state index contributed by atoms with van der Waals surface area (Å²) in [5, 5.41) is 13.5. The Balaban J connectivity index is 2.91. The first-order chi connectivity index (χ1) is 7.92. The van der Waals surface area contributed by atoms with Crippen molar-refractivity contribution in [3.8, 4) is 0 Å². The maximum atomic E-state index is 10.5. The van der Waals surface area contributed by atoms with Gasteiger partial charge in [0, 0.05) is 14.2 Å². The van der Waals surface area contributed by atoms with Crippen LogP contribution in [-0.2, 0) is 22.2 Å². The van der Waals surface area contributed by atoms with E-state index in [1.807, 2.05) is 13.8 Å². The average Bonchev–Trinajstić information content (AvgIpc) is 2.67. The summed E-state index contributed by atoms with van der Waals surface area (Å²) in [4.78, 5) is 14.8. The van der Waals surface area contributed by atoms with Gasteiger partial charge in [-0.2, -0.15) is 5.10 Å². The van der Waals surface area contributed by atoms with Gasteiger partial charge in [0.1, 0.15) is 5.60 Å². The third kappa shape index (κ3) is 3.19. The minimum atomic E-state index is -0.871. The molecule has 0 radical (unpaired) electrons. The van der Waals surface area contributed by atoms with Gasteiger partial charge in [0.2, 0.25) is 0 Å². The molecule has 0 saturated carbocycles. The Morgan fingerprint density at radius 1 is 1.65 bits per heavy atom. The highest BCUT2D eigenvalue weighted by molar-refractivity contribution is 7.99. The topological polar surface area (TPSA) is 77.2 Å². The van der Waals surface area contributed by atoms with Crippen molar-refractivity contribution in [2.75, 3.05) is 12.9 Å². The molecule has 1 aromatic heterocycles. The first-order valence-corrected chi connectivity index (χ1v) is 6.22. The third-order valence-corrected chi connectivity index (χ3v) is 3.65. The zero-order valence-electron chi connectivity index (χ0n) is 10.4. The van der Waals surface area contributed by atoms with Crippen LogP contribution in [0.25, 0.3) is 0 Å². The summed E-state index contributed by atoms with van der Waals surface area (Å²) in [5.41, 5.74) is -0.528. The predicted molar refractivity (Wildman–Crippen MR) is 64.0 cm³/mol. The number of aryl methyl sites for hydroxylation is 1. The number of hydrogen-bond acceptors (Lipinski definition) is 5. The van der Waals surface area contributed by atoms with Crippen molar-refractivity contribution < 1.29 is 14.6 Å². The average molecular weight is 259 g/mol. The van der Waals surface area contributed by atoms with Crippen LogP contribution in [0, 0.1) is 0 Å². The van der Waals surface area contributed by atoms with Gasteiger partial charge in [-0.05, 0) is 13.3 Å². The quantitative estimate of drug-likeness (QED) is 0.775. The SMILES string of the molecule is CCC(C)(OC)c1nc(SCC(=O)O)n(C)n1. The van der Waals surface area contributed by atoms with Crippen molar-refractivity contribution in [2.45, 2.75) is 31.0 Å². The highest BCUT2D eigenvalue weighted by Gasteiger charge is 2.29. The summed E-state index contributed by atoms with van der Waals surface area (Å²) in [6.45, 7) is 3.90. The van der Waals surface area contributed by atoms with Crippen LogP contribution in [-0.4, -0.2) is 38.7 Å². The number of carbonyl (C=O) groups is 1. The van der Waals surface area contributed by atoms with Crippen LogP contribution >= 0.6 is 11.8 Å². The van der Waals surface area contributed by atoms with Gasteiger partial charge < -0.3 is 9.84 Å². The van der Waals surface area contributed by atoms with Crippen molar-refractivity contribution in [3.63, 3.8) is 0 Å². The fourth-order valence-corrected chi connectivity index (χ4v) is 1.87. The van der Waals surface area contributed by atoms with Gasteiger partial charge >= 0.3 is 5.97 Å². The van der Waals surface area contributed by atoms with Crippen LogP contribution in [0.4, 0.5) is 0 Å². The monoisotopic (exact) mass is 259 g/mol. The second kappa shape index (κ2) is 5.50. The van der Waals surface area contributed by atoms with E-state index in [2.05, 4.69) is 10.1 Å². The van der Waals surface area contributed by atoms with Gasteiger partial charge in [0.05, 0.1) is 5.75 Å². The summed E-state index contributed by atoms with van der Waals surface area (Å²) in [6, 6.07) is 0. The maximum absolute atomic E-state index is 10.5. The summed E-state index contributed by atoms with van der Waals surface area (Å²) >= 11 is 1.15. The zero-order chi connectivity index (χ0) is 13.1. The van der Waals surface area contributed by atoms with Gasteiger partial charge in [0.15, 0.2) is 11.0 Å². The molecule has 1 atom stereocenters. The molecule has 0 aliphatic carbocycles. The number of carboxylic acids is 1. The van der Waals surface area contributed by atoms with Gasteiger partial charge in [0.25, 0.3) is 0 Å². The normalized spacial score (nSPS) is 14.6. The molecule has 1 N–H and O–H groups in total. The molecule has 0 amide bonds. The number of nitrogens with zero attached hydrogens (tertiary/aromatic N) is 3. The fraction of sp³-hybridized carbons (Fsp3) is 0.700. The van der Waals surface area contributed by atoms with E-state index in [1.54, 1.807) is 18.8 Å². The molecule has 1 heterocycles. The Morgan fingerprint density at radius 2 is 2.29 bits per heavy atom. The molecule has 1 rings (SSSR count). The third-order valence-electron chi connectivity index (χ3n) is 2.65. The minimum absolute atomic E-state index is 0.0260. The van der Waals surface area contributed by atoms with Crippen LogP contribution in [0.15, 0.2) is 5.16 Å². The largest absolute Gasteiger partial charge is 0.481 e. The molecular formula is C10H17N3O3S. The second-order valence-electron chi connectivity index (χ2n) is 3.81. The number of aromatic nitrogens is 3. The van der Waals surface area contributed by atoms with E-state index in [-0.39, 0.29) is 5.75 Å². The summed E-state index contributed by atoms with van der Waals surface area (Å²) in [7, 11) is 3.36. The number of thioether (sulfide) groups is 1. The van der Waals surface area contributed by atoms with E-state index in [1.165, 1.54) is 0 Å². The Bertz CT molecular complexity index is 402. The van der Waals surface area contributed by atoms with Crippen molar-refractivity contribution in [3.05, 3.63) is 5.82 Å². The molecular weight excluding hydrogens is 242 g/mol. The lowest BCUT2D eigenvalue weighted by Gasteiger charge is -2.22. The number of methoxy groups -OCH3 is 1. The molecule has 1 aromatic rings. The van der Waals surface area contributed by atoms with Crippen molar-refractivity contribution >= 4 is 17.7 Å². The number of rotatable bonds is 6. The Labute approximate surface area is 104 Å². The first kappa shape index (κ1) is 14.0. The first-order valence-electron chi connectivity index (χ1n) is 5.24. The summed E-state index contributed by atoms with van der Waals surface area (Å²) < 4.78 is 6.98. The smallest absolute Gasteiger partial charge is 0.313 e. The fourth-order valence-electron chi connectivity index (χ4n) is 1.24. The summed E-state index contributed by atoms with van der Waals surface area (Å²) in [5.74, 6) is -0.315. The van der Waals surface area contributed by atoms with Crippen molar-refractivity contribution in [2.24, 2.45) is 7.05 Å². The van der Waals surface area contributed by atoms with Gasteiger partial charge in [-0.1, -0.05) is 18.7 Å². The van der Waals surface area contributed by atoms with E-state index in [4.69, 9.17) is 9.84 Å². The highest BCUT2D eigenvalue weighted by atomic mass is 32.2. The zero-order valence-corrected chi connectivity index (χ0v) is 11.2. The second-order valence-corrected chi connectivity index (χ2v) is 4.76. The molecule has 0 aromatic carbocycles. The Kier molecular flexibility index (Phi) is 4.53. The van der Waals surface area contributed by atoms with Crippen molar-refractivity contribution in [1.29, 1.82) is 0 Å². The molecule has 0 bridgehead atoms. The van der Waals surface area contributed by atoms with E-state index in [0.29, 0.717) is 11.0 Å². The number of aliphatic carboxylic acids is 1. The molecule has 1 unspecified atom stereocenters. The molecule has 6 nitrogen and oxygen atoms in total. The molecule has 0 fully saturated rings. The summed E-state index contributed by atoms with van der Waals surface area (Å²) in [6.07, 6.45) is 0.747. The number of carboxylic acid groups (broad SMARTS) is 1. The standard InChI is InChI=1S/C10H17N3O3S/c1-5-10(2,16-4)8-11-9(13(3)12-8)17-6-7(14)15/h5-6H2,1-4H3,(H,14,15). The molecule has 96 valence electrons. The lowest BCUT2D eigenvalue weighted by Crippen LogP contribution is -2.25. The van der Waals surface area contributed by atoms with Crippen molar-refractivity contribution in [1.82, 2.24) is 14.8 Å².